The zero-order valence-electron chi connectivity index (χ0n) is 13.2. The van der Waals surface area contributed by atoms with Crippen LogP contribution in [-0.4, -0.2) is 34.0 Å². The lowest BCUT2D eigenvalue weighted by Gasteiger charge is -2.25. The molecule has 1 spiro atoms. The summed E-state index contributed by atoms with van der Waals surface area (Å²) in [5, 5.41) is 12.9. The summed E-state index contributed by atoms with van der Waals surface area (Å²) in [4.78, 5) is 25.8. The third kappa shape index (κ3) is 2.88. The molecule has 2 N–H and O–H groups in total. The fourth-order valence-electron chi connectivity index (χ4n) is 3.61. The number of aliphatic hydroxyl groups excluding tert-OH is 1. The Balaban J connectivity index is 1.80. The van der Waals surface area contributed by atoms with Crippen LogP contribution >= 0.6 is 0 Å². The van der Waals surface area contributed by atoms with E-state index in [4.69, 9.17) is 0 Å². The van der Waals surface area contributed by atoms with Gasteiger partial charge in [-0.3, -0.25) is 9.69 Å². The minimum Gasteiger partial charge on any atom is -0.386 e. The highest BCUT2D eigenvalue weighted by Crippen LogP contribution is 2.33. The second-order valence-electron chi connectivity index (χ2n) is 6.49. The molecule has 1 heterocycles. The Morgan fingerprint density at radius 3 is 2.29 bits per heavy atom. The van der Waals surface area contributed by atoms with Crippen molar-refractivity contribution < 1.29 is 23.5 Å². The molecule has 0 radical (unpaired) electrons. The summed E-state index contributed by atoms with van der Waals surface area (Å²) >= 11 is 0. The topological polar surface area (TPSA) is 69.6 Å². The molecule has 1 aliphatic carbocycles. The normalized spacial score (nSPS) is 21.7. The monoisotopic (exact) mass is 338 g/mol. The van der Waals surface area contributed by atoms with Crippen molar-refractivity contribution in [3.8, 4) is 0 Å². The molecule has 5 nitrogen and oxygen atoms in total. The first-order valence-corrected chi connectivity index (χ1v) is 8.21. The first-order chi connectivity index (χ1) is 11.4. The molecule has 2 fully saturated rings. The number of β-amino-alcohol motifs (C(OH)–C–C–N with tert-alkyl or cyclic N) is 1. The van der Waals surface area contributed by atoms with Crippen molar-refractivity contribution in [2.75, 3.05) is 6.54 Å². The van der Waals surface area contributed by atoms with Gasteiger partial charge in [0.25, 0.3) is 5.91 Å². The fourth-order valence-corrected chi connectivity index (χ4v) is 3.61. The Kier molecular flexibility index (Phi) is 4.54. The summed E-state index contributed by atoms with van der Waals surface area (Å²) in [6.45, 7) is -0.468. The fraction of sp³-hybridized carbons (Fsp3) is 0.529. The molecule has 2 aliphatic rings. The SMILES string of the molecule is O=C1NC2(CCCCCC2)C(=O)N1CC(O)c1c(F)cccc1F. The highest BCUT2D eigenvalue weighted by atomic mass is 19.1. The van der Waals surface area contributed by atoms with Crippen molar-refractivity contribution in [3.63, 3.8) is 0 Å². The molecule has 1 aliphatic heterocycles. The zero-order valence-corrected chi connectivity index (χ0v) is 13.2. The lowest BCUT2D eigenvalue weighted by Crippen LogP contribution is -2.46. The van der Waals surface area contributed by atoms with Crippen LogP contribution in [0.5, 0.6) is 0 Å². The van der Waals surface area contributed by atoms with E-state index < -0.39 is 47.3 Å². The Morgan fingerprint density at radius 1 is 1.12 bits per heavy atom. The molecule has 3 rings (SSSR count). The second kappa shape index (κ2) is 6.47. The Morgan fingerprint density at radius 2 is 1.71 bits per heavy atom. The third-order valence-corrected chi connectivity index (χ3v) is 4.89. The summed E-state index contributed by atoms with van der Waals surface area (Å²) in [5.74, 6) is -2.22. The lowest BCUT2D eigenvalue weighted by atomic mass is 9.90. The number of halogens is 2. The molecule has 7 heteroatoms. The predicted octanol–water partition coefficient (Wildman–Crippen LogP) is 2.64. The minimum atomic E-state index is -1.61. The second-order valence-corrected chi connectivity index (χ2v) is 6.49. The summed E-state index contributed by atoms with van der Waals surface area (Å²) in [6, 6.07) is 2.63. The van der Waals surface area contributed by atoms with E-state index in [9.17, 15) is 23.5 Å². The summed E-state index contributed by atoms with van der Waals surface area (Å²) in [6.07, 6.45) is 3.19. The summed E-state index contributed by atoms with van der Waals surface area (Å²) in [5.41, 5.74) is -1.46. The van der Waals surface area contributed by atoms with Gasteiger partial charge >= 0.3 is 6.03 Å². The van der Waals surface area contributed by atoms with E-state index in [-0.39, 0.29) is 0 Å². The zero-order chi connectivity index (χ0) is 17.3. The molecular formula is C17H20F2N2O3. The van der Waals surface area contributed by atoms with Gasteiger partial charge in [-0.25, -0.2) is 13.6 Å². The smallest absolute Gasteiger partial charge is 0.325 e. The average molecular weight is 338 g/mol. The number of nitrogens with zero attached hydrogens (tertiary/aromatic N) is 1. The molecule has 1 aromatic carbocycles. The average Bonchev–Trinajstić information content (AvgIpc) is 2.71. The van der Waals surface area contributed by atoms with Crippen LogP contribution in [0.25, 0.3) is 0 Å². The van der Waals surface area contributed by atoms with Crippen LogP contribution in [0.2, 0.25) is 0 Å². The maximum atomic E-state index is 13.8. The quantitative estimate of drug-likeness (QED) is 0.833. The van der Waals surface area contributed by atoms with Gasteiger partial charge in [0.2, 0.25) is 0 Å². The van der Waals surface area contributed by atoms with E-state index >= 15 is 0 Å². The van der Waals surface area contributed by atoms with Gasteiger partial charge in [0.15, 0.2) is 0 Å². The molecule has 1 unspecified atom stereocenters. The highest BCUT2D eigenvalue weighted by molar-refractivity contribution is 6.07. The largest absolute Gasteiger partial charge is 0.386 e. The number of carbonyl (C=O) groups excluding carboxylic acids is 2. The van der Waals surface area contributed by atoms with Crippen LogP contribution < -0.4 is 5.32 Å². The van der Waals surface area contributed by atoms with Gasteiger partial charge in [-0.2, -0.15) is 0 Å². The number of amides is 3. The Bertz CT molecular complexity index is 637. The third-order valence-electron chi connectivity index (χ3n) is 4.89. The van der Waals surface area contributed by atoms with Gasteiger partial charge in [0.05, 0.1) is 12.1 Å². The van der Waals surface area contributed by atoms with Gasteiger partial charge in [-0.15, -0.1) is 0 Å². The minimum absolute atomic E-state index is 0.412. The molecule has 0 aromatic heterocycles. The van der Waals surface area contributed by atoms with Crippen molar-refractivity contribution >= 4 is 11.9 Å². The molecular weight excluding hydrogens is 318 g/mol. The van der Waals surface area contributed by atoms with E-state index in [1.165, 1.54) is 6.07 Å². The van der Waals surface area contributed by atoms with Crippen LogP contribution in [0.3, 0.4) is 0 Å². The van der Waals surface area contributed by atoms with Gasteiger partial charge in [0, 0.05) is 0 Å². The maximum absolute atomic E-state index is 13.8. The van der Waals surface area contributed by atoms with Crippen LogP contribution in [0.1, 0.15) is 50.2 Å². The summed E-state index contributed by atoms with van der Waals surface area (Å²) < 4.78 is 27.5. The molecule has 1 aromatic rings. The van der Waals surface area contributed by atoms with Crippen LogP contribution in [0.15, 0.2) is 18.2 Å². The van der Waals surface area contributed by atoms with E-state index in [0.717, 1.165) is 42.7 Å². The molecule has 1 saturated heterocycles. The van der Waals surface area contributed by atoms with E-state index in [1.54, 1.807) is 0 Å². The van der Waals surface area contributed by atoms with Crippen molar-refractivity contribution in [3.05, 3.63) is 35.4 Å². The predicted molar refractivity (Wildman–Crippen MR) is 82.0 cm³/mol. The van der Waals surface area contributed by atoms with Crippen LogP contribution in [0, 0.1) is 11.6 Å². The van der Waals surface area contributed by atoms with Crippen LogP contribution in [0.4, 0.5) is 13.6 Å². The van der Waals surface area contributed by atoms with Crippen molar-refractivity contribution in [2.45, 2.75) is 50.2 Å². The lowest BCUT2D eigenvalue weighted by molar-refractivity contribution is -0.132. The Labute approximate surface area is 138 Å². The first-order valence-electron chi connectivity index (χ1n) is 8.21. The number of rotatable bonds is 3. The van der Waals surface area contributed by atoms with Crippen molar-refractivity contribution in [1.82, 2.24) is 10.2 Å². The van der Waals surface area contributed by atoms with E-state index in [1.807, 2.05) is 0 Å². The standard InChI is InChI=1S/C17H20F2N2O3/c18-11-6-5-7-12(19)14(11)13(22)10-21-15(23)17(20-16(21)24)8-3-1-2-4-9-17/h5-7,13,22H,1-4,8-10H2,(H,20,24). The number of urea groups is 1. The molecule has 1 saturated carbocycles. The van der Waals surface area contributed by atoms with Gasteiger partial charge in [-0.05, 0) is 25.0 Å². The number of hydrogen-bond acceptors (Lipinski definition) is 3. The van der Waals surface area contributed by atoms with E-state index in [0.29, 0.717) is 12.8 Å². The number of carbonyl (C=O) groups is 2. The van der Waals surface area contributed by atoms with Gasteiger partial charge < -0.3 is 10.4 Å². The van der Waals surface area contributed by atoms with E-state index in [2.05, 4.69) is 5.32 Å². The van der Waals surface area contributed by atoms with Gasteiger partial charge in [0.1, 0.15) is 23.3 Å². The molecule has 1 atom stereocenters. The van der Waals surface area contributed by atoms with Gasteiger partial charge in [-0.1, -0.05) is 31.7 Å². The number of benzene rings is 1. The van der Waals surface area contributed by atoms with Crippen LogP contribution in [-0.2, 0) is 4.79 Å². The summed E-state index contributed by atoms with van der Waals surface area (Å²) in [7, 11) is 0. The number of nitrogens with one attached hydrogen (secondary N) is 1. The molecule has 3 amide bonds. The maximum Gasteiger partial charge on any atom is 0.325 e. The number of imide groups is 1. The van der Waals surface area contributed by atoms with Crippen molar-refractivity contribution in [1.29, 1.82) is 0 Å². The first kappa shape index (κ1) is 16.8. The molecule has 0 bridgehead atoms. The number of aliphatic hydroxyl groups is 1. The Hall–Kier alpha value is -2.02. The molecule has 130 valence electrons. The highest BCUT2D eigenvalue weighted by Gasteiger charge is 2.51. The molecule has 24 heavy (non-hydrogen) atoms. The van der Waals surface area contributed by atoms with Crippen molar-refractivity contribution in [2.24, 2.45) is 0 Å². The number of hydrogen-bond donors (Lipinski definition) is 2.